The molecule has 4 unspecified atom stereocenters. The molecule has 0 bridgehead atoms. The molecule has 0 aromatic rings. The lowest BCUT2D eigenvalue weighted by atomic mass is 9.92. The van der Waals surface area contributed by atoms with Crippen molar-refractivity contribution >= 4 is 11.8 Å². The van der Waals surface area contributed by atoms with Gasteiger partial charge in [0.1, 0.15) is 0 Å². The van der Waals surface area contributed by atoms with Crippen LogP contribution in [0.4, 0.5) is 0 Å². The molecule has 0 aromatic heterocycles. The van der Waals surface area contributed by atoms with Crippen molar-refractivity contribution in [3.8, 4) is 0 Å². The molecule has 0 aromatic carbocycles. The number of thioether (sulfide) groups is 1. The minimum absolute atomic E-state index is 0.503. The molecule has 3 heteroatoms. The average molecular weight is 257 g/mol. The molecule has 2 saturated carbocycles. The SMILES string of the molecule is CCSC1CCC(NC2CCCC(OC)C2)C1. The van der Waals surface area contributed by atoms with Crippen LogP contribution in [0.2, 0.25) is 0 Å². The van der Waals surface area contributed by atoms with E-state index in [4.69, 9.17) is 4.74 Å². The Hall–Kier alpha value is 0.270. The first-order valence-electron chi connectivity index (χ1n) is 7.22. The summed E-state index contributed by atoms with van der Waals surface area (Å²) < 4.78 is 5.50. The fourth-order valence-electron chi connectivity index (χ4n) is 3.32. The summed E-state index contributed by atoms with van der Waals surface area (Å²) in [6.07, 6.45) is 9.84. The van der Waals surface area contributed by atoms with E-state index in [0.29, 0.717) is 12.1 Å². The predicted molar refractivity (Wildman–Crippen MR) is 75.7 cm³/mol. The van der Waals surface area contributed by atoms with Gasteiger partial charge in [-0.05, 0) is 50.7 Å². The maximum atomic E-state index is 5.50. The second-order valence-electron chi connectivity index (χ2n) is 5.48. The Balaban J connectivity index is 1.70. The summed E-state index contributed by atoms with van der Waals surface area (Å²) in [7, 11) is 1.86. The molecule has 100 valence electrons. The molecular weight excluding hydrogens is 230 g/mol. The zero-order chi connectivity index (χ0) is 12.1. The Labute approximate surface area is 110 Å². The second-order valence-corrected chi connectivity index (χ2v) is 7.05. The standard InChI is InChI=1S/C14H27NOS/c1-3-17-14-8-7-12(10-14)15-11-5-4-6-13(9-11)16-2/h11-15H,3-10H2,1-2H3. The Morgan fingerprint density at radius 1 is 1.12 bits per heavy atom. The number of nitrogens with one attached hydrogen (secondary N) is 1. The number of hydrogen-bond acceptors (Lipinski definition) is 3. The van der Waals surface area contributed by atoms with Crippen molar-refractivity contribution in [3.63, 3.8) is 0 Å². The summed E-state index contributed by atoms with van der Waals surface area (Å²) in [6.45, 7) is 2.27. The van der Waals surface area contributed by atoms with Crippen LogP contribution in [0.15, 0.2) is 0 Å². The minimum Gasteiger partial charge on any atom is -0.381 e. The lowest BCUT2D eigenvalue weighted by Crippen LogP contribution is -2.41. The van der Waals surface area contributed by atoms with Crippen LogP contribution in [0.3, 0.4) is 0 Å². The van der Waals surface area contributed by atoms with E-state index in [2.05, 4.69) is 24.0 Å². The minimum atomic E-state index is 0.503. The van der Waals surface area contributed by atoms with Crippen LogP contribution in [-0.4, -0.2) is 36.3 Å². The van der Waals surface area contributed by atoms with Crippen LogP contribution in [0.5, 0.6) is 0 Å². The molecule has 2 aliphatic carbocycles. The molecule has 2 aliphatic rings. The highest BCUT2D eigenvalue weighted by atomic mass is 32.2. The molecule has 2 nitrogen and oxygen atoms in total. The van der Waals surface area contributed by atoms with Gasteiger partial charge in [0, 0.05) is 24.4 Å². The van der Waals surface area contributed by atoms with Crippen LogP contribution < -0.4 is 5.32 Å². The van der Waals surface area contributed by atoms with E-state index in [9.17, 15) is 0 Å². The quantitative estimate of drug-likeness (QED) is 0.817. The third kappa shape index (κ3) is 4.15. The third-order valence-electron chi connectivity index (χ3n) is 4.22. The molecule has 0 spiro atoms. The van der Waals surface area contributed by atoms with Crippen molar-refractivity contribution in [1.29, 1.82) is 0 Å². The Morgan fingerprint density at radius 2 is 1.94 bits per heavy atom. The summed E-state index contributed by atoms with van der Waals surface area (Å²) in [4.78, 5) is 0. The summed E-state index contributed by atoms with van der Waals surface area (Å²) in [6, 6.07) is 1.49. The van der Waals surface area contributed by atoms with Crippen molar-refractivity contribution in [2.75, 3.05) is 12.9 Å². The van der Waals surface area contributed by atoms with Gasteiger partial charge in [-0.25, -0.2) is 0 Å². The first-order chi connectivity index (χ1) is 8.31. The van der Waals surface area contributed by atoms with E-state index in [0.717, 1.165) is 11.3 Å². The largest absolute Gasteiger partial charge is 0.381 e. The average Bonchev–Trinajstić information content (AvgIpc) is 2.77. The Morgan fingerprint density at radius 3 is 2.71 bits per heavy atom. The zero-order valence-corrected chi connectivity index (χ0v) is 12.1. The first kappa shape index (κ1) is 13.7. The first-order valence-corrected chi connectivity index (χ1v) is 8.27. The fraction of sp³-hybridized carbons (Fsp3) is 1.00. The van der Waals surface area contributed by atoms with Crippen molar-refractivity contribution in [3.05, 3.63) is 0 Å². The van der Waals surface area contributed by atoms with Crippen molar-refractivity contribution in [2.45, 2.75) is 75.3 Å². The summed E-state index contributed by atoms with van der Waals surface area (Å²) in [5, 5.41) is 4.79. The highest BCUT2D eigenvalue weighted by molar-refractivity contribution is 7.99. The predicted octanol–water partition coefficient (Wildman–Crippen LogP) is 3.21. The Bertz CT molecular complexity index is 224. The van der Waals surface area contributed by atoms with Crippen LogP contribution in [-0.2, 0) is 4.74 Å². The van der Waals surface area contributed by atoms with Crippen LogP contribution in [0.1, 0.15) is 51.9 Å². The number of ether oxygens (including phenoxy) is 1. The van der Waals surface area contributed by atoms with Gasteiger partial charge in [-0.1, -0.05) is 6.92 Å². The smallest absolute Gasteiger partial charge is 0.0586 e. The lowest BCUT2D eigenvalue weighted by Gasteiger charge is -2.31. The number of methoxy groups -OCH3 is 1. The molecule has 2 fully saturated rings. The van der Waals surface area contributed by atoms with Gasteiger partial charge < -0.3 is 10.1 Å². The van der Waals surface area contributed by atoms with Crippen molar-refractivity contribution in [2.24, 2.45) is 0 Å². The number of rotatable bonds is 5. The van der Waals surface area contributed by atoms with Gasteiger partial charge >= 0.3 is 0 Å². The maximum absolute atomic E-state index is 5.50. The van der Waals surface area contributed by atoms with Gasteiger partial charge in [-0.15, -0.1) is 0 Å². The van der Waals surface area contributed by atoms with Gasteiger partial charge in [0.2, 0.25) is 0 Å². The Kier molecular flexibility index (Phi) is 5.64. The summed E-state index contributed by atoms with van der Waals surface area (Å²) in [5.41, 5.74) is 0. The van der Waals surface area contributed by atoms with Gasteiger partial charge in [0.05, 0.1) is 6.10 Å². The second kappa shape index (κ2) is 7.01. The molecule has 0 saturated heterocycles. The van der Waals surface area contributed by atoms with E-state index < -0.39 is 0 Å². The molecule has 0 aliphatic heterocycles. The molecular formula is C14H27NOS. The highest BCUT2D eigenvalue weighted by Gasteiger charge is 2.28. The molecule has 0 heterocycles. The van der Waals surface area contributed by atoms with Gasteiger partial charge in [0.25, 0.3) is 0 Å². The molecule has 0 radical (unpaired) electrons. The van der Waals surface area contributed by atoms with E-state index in [-0.39, 0.29) is 0 Å². The molecule has 4 atom stereocenters. The van der Waals surface area contributed by atoms with E-state index in [1.807, 2.05) is 7.11 Å². The van der Waals surface area contributed by atoms with E-state index >= 15 is 0 Å². The van der Waals surface area contributed by atoms with Crippen molar-refractivity contribution in [1.82, 2.24) is 5.32 Å². The van der Waals surface area contributed by atoms with Gasteiger partial charge in [-0.2, -0.15) is 11.8 Å². The molecule has 1 N–H and O–H groups in total. The van der Waals surface area contributed by atoms with Crippen LogP contribution in [0.25, 0.3) is 0 Å². The third-order valence-corrected chi connectivity index (χ3v) is 5.45. The highest BCUT2D eigenvalue weighted by Crippen LogP contribution is 2.31. The van der Waals surface area contributed by atoms with Gasteiger partial charge in [-0.3, -0.25) is 0 Å². The topological polar surface area (TPSA) is 21.3 Å². The normalized spacial score (nSPS) is 38.5. The summed E-state index contributed by atoms with van der Waals surface area (Å²) >= 11 is 2.15. The molecule has 2 rings (SSSR count). The zero-order valence-electron chi connectivity index (χ0n) is 11.3. The molecule has 0 amide bonds. The van der Waals surface area contributed by atoms with Crippen LogP contribution in [0, 0.1) is 0 Å². The maximum Gasteiger partial charge on any atom is 0.0586 e. The van der Waals surface area contributed by atoms with E-state index in [1.54, 1.807) is 0 Å². The van der Waals surface area contributed by atoms with Crippen molar-refractivity contribution < 1.29 is 4.74 Å². The monoisotopic (exact) mass is 257 g/mol. The lowest BCUT2D eigenvalue weighted by molar-refractivity contribution is 0.0570. The fourth-order valence-corrected chi connectivity index (χ4v) is 4.46. The van der Waals surface area contributed by atoms with Gasteiger partial charge in [0.15, 0.2) is 0 Å². The van der Waals surface area contributed by atoms with E-state index in [1.165, 1.54) is 50.7 Å². The van der Waals surface area contributed by atoms with Crippen LogP contribution >= 0.6 is 11.8 Å². The molecule has 17 heavy (non-hydrogen) atoms. The summed E-state index contributed by atoms with van der Waals surface area (Å²) in [5.74, 6) is 1.27. The number of hydrogen-bond donors (Lipinski definition) is 1.